The van der Waals surface area contributed by atoms with Crippen molar-refractivity contribution in [1.82, 2.24) is 5.32 Å². The second-order valence-corrected chi connectivity index (χ2v) is 5.39. The fraction of sp³-hybridized carbons (Fsp3) is 0.733. The van der Waals surface area contributed by atoms with Gasteiger partial charge in [0.15, 0.2) is 6.29 Å². The molecule has 0 spiro atoms. The quantitative estimate of drug-likeness (QED) is 0.497. The van der Waals surface area contributed by atoms with Gasteiger partial charge in [-0.1, -0.05) is 6.92 Å². The van der Waals surface area contributed by atoms with Gasteiger partial charge in [0.2, 0.25) is 5.91 Å². The molecule has 1 rings (SSSR count). The lowest BCUT2D eigenvalue weighted by molar-refractivity contribution is -0.187. The summed E-state index contributed by atoms with van der Waals surface area (Å²) in [4.78, 5) is 42.5. The van der Waals surface area contributed by atoms with Crippen LogP contribution in [0.5, 0.6) is 0 Å². The zero-order valence-electron chi connectivity index (χ0n) is 14.6. The third-order valence-electron chi connectivity index (χ3n) is 3.43. The third-order valence-corrected chi connectivity index (χ3v) is 3.43. The molecule has 1 aliphatic heterocycles. The molecule has 0 radical (unpaired) electrons. The molecule has 0 bridgehead atoms. The summed E-state index contributed by atoms with van der Waals surface area (Å²) in [7, 11) is 1.60. The lowest BCUT2D eigenvalue weighted by Crippen LogP contribution is -2.60. The van der Waals surface area contributed by atoms with Gasteiger partial charge in [-0.3, -0.25) is 14.4 Å². The minimum Gasteiger partial charge on any atom is -0.463 e. The van der Waals surface area contributed by atoms with Gasteiger partial charge in [0, 0.05) is 33.7 Å². The maximum atomic E-state index is 11.1. The Morgan fingerprint density at radius 3 is 2.12 bits per heavy atom. The number of nitrogens with two attached hydrogens (primary N) is 1. The first-order valence-electron chi connectivity index (χ1n) is 7.49. The van der Waals surface area contributed by atoms with E-state index in [9.17, 15) is 19.2 Å². The molecule has 24 heavy (non-hydrogen) atoms. The van der Waals surface area contributed by atoms with Gasteiger partial charge in [0.1, 0.15) is 18.8 Å². The number of hydrogen-bond acceptors (Lipinski definition) is 8. The topological polar surface area (TPSA) is 134 Å². The Balaban J connectivity index is 0.000000922. The molecule has 0 aromatic rings. The van der Waals surface area contributed by atoms with Gasteiger partial charge in [-0.15, -0.1) is 0 Å². The fourth-order valence-electron chi connectivity index (χ4n) is 2.06. The second kappa shape index (κ2) is 10.7. The van der Waals surface area contributed by atoms with Crippen LogP contribution in [0.2, 0.25) is 0 Å². The first-order chi connectivity index (χ1) is 11.1. The van der Waals surface area contributed by atoms with Crippen LogP contribution in [-0.2, 0) is 33.4 Å². The molecule has 5 atom stereocenters. The number of hydrogen-bond donors (Lipinski definition) is 2. The number of ether oxygens (including phenoxy) is 3. The summed E-state index contributed by atoms with van der Waals surface area (Å²) >= 11 is 0. The smallest absolute Gasteiger partial charge is 0.302 e. The van der Waals surface area contributed by atoms with Crippen LogP contribution in [0.3, 0.4) is 0 Å². The van der Waals surface area contributed by atoms with Gasteiger partial charge >= 0.3 is 11.9 Å². The molecule has 0 aromatic carbocycles. The van der Waals surface area contributed by atoms with Crippen molar-refractivity contribution < 1.29 is 33.4 Å². The number of carbonyl (C=O) groups is 4. The van der Waals surface area contributed by atoms with Gasteiger partial charge in [0.25, 0.3) is 0 Å². The normalized spacial score (nSPS) is 28.7. The van der Waals surface area contributed by atoms with Crippen molar-refractivity contribution in [2.24, 2.45) is 11.7 Å². The predicted molar refractivity (Wildman–Crippen MR) is 83.8 cm³/mol. The molecule has 0 saturated carbocycles. The van der Waals surface area contributed by atoms with Crippen molar-refractivity contribution in [2.45, 2.75) is 52.0 Å². The fourth-order valence-corrected chi connectivity index (χ4v) is 2.06. The molecule has 1 saturated heterocycles. The molecule has 0 aromatic heterocycles. The van der Waals surface area contributed by atoms with Crippen LogP contribution in [0, 0.1) is 5.92 Å². The van der Waals surface area contributed by atoms with E-state index in [2.05, 4.69) is 5.32 Å². The Bertz CT molecular complexity index is 455. The molecule has 9 nitrogen and oxygen atoms in total. The summed E-state index contributed by atoms with van der Waals surface area (Å²) < 4.78 is 15.5. The zero-order valence-corrected chi connectivity index (χ0v) is 14.6. The summed E-state index contributed by atoms with van der Waals surface area (Å²) in [6.45, 7) is 5.78. The van der Waals surface area contributed by atoms with E-state index in [1.807, 2.05) is 0 Å². The van der Waals surface area contributed by atoms with Gasteiger partial charge in [-0.05, 0) is 0 Å². The zero-order chi connectivity index (χ0) is 18.9. The molecule has 3 N–H and O–H groups in total. The van der Waals surface area contributed by atoms with E-state index in [4.69, 9.17) is 19.9 Å². The molecule has 1 amide bonds. The van der Waals surface area contributed by atoms with Gasteiger partial charge < -0.3 is 30.1 Å². The number of nitrogens with one attached hydrogen (secondary N) is 1. The third kappa shape index (κ3) is 7.51. The van der Waals surface area contributed by atoms with Gasteiger partial charge in [0.05, 0.1) is 12.1 Å². The van der Waals surface area contributed by atoms with Crippen LogP contribution in [0.1, 0.15) is 27.7 Å². The minimum absolute atomic E-state index is 0.00463. The van der Waals surface area contributed by atoms with E-state index in [-0.39, 0.29) is 18.4 Å². The number of amides is 1. The van der Waals surface area contributed by atoms with Crippen molar-refractivity contribution in [2.75, 3.05) is 13.7 Å². The molecule has 0 aliphatic carbocycles. The Morgan fingerprint density at radius 2 is 1.75 bits per heavy atom. The highest BCUT2D eigenvalue weighted by Crippen LogP contribution is 2.27. The summed E-state index contributed by atoms with van der Waals surface area (Å²) in [6, 6.07) is -0.732. The van der Waals surface area contributed by atoms with Gasteiger partial charge in [-0.25, -0.2) is 0 Å². The highest BCUT2D eigenvalue weighted by atomic mass is 16.6. The molecule has 138 valence electrons. The molecule has 1 heterocycles. The van der Waals surface area contributed by atoms with Crippen molar-refractivity contribution in [1.29, 1.82) is 0 Å². The number of aldehydes is 1. The molecule has 3 unspecified atom stereocenters. The summed E-state index contributed by atoms with van der Waals surface area (Å²) in [6.07, 6.45) is -1.51. The SMILES string of the molecule is CC(=O)OCC1O[C@@H](C=O)C(N)C(OC(C)=O)[C@@H]1C.CNC(C)=O. The predicted octanol–water partition coefficient (Wildman–Crippen LogP) is -0.837. The van der Waals surface area contributed by atoms with Crippen LogP contribution in [0.4, 0.5) is 0 Å². The monoisotopic (exact) mass is 346 g/mol. The Kier molecular flexibility index (Phi) is 9.82. The summed E-state index contributed by atoms with van der Waals surface area (Å²) in [5.74, 6) is -1.21. The average Bonchev–Trinajstić information content (AvgIpc) is 2.50. The Hall–Kier alpha value is -2.00. The van der Waals surface area contributed by atoms with Crippen molar-refractivity contribution in [3.63, 3.8) is 0 Å². The molecule has 9 heteroatoms. The number of rotatable bonds is 4. The minimum atomic E-state index is -0.888. The van der Waals surface area contributed by atoms with E-state index in [0.717, 1.165) is 0 Å². The van der Waals surface area contributed by atoms with Crippen LogP contribution < -0.4 is 11.1 Å². The molecule has 1 aliphatic rings. The highest BCUT2D eigenvalue weighted by molar-refractivity contribution is 5.72. The molecular weight excluding hydrogens is 320 g/mol. The van der Waals surface area contributed by atoms with E-state index in [1.165, 1.54) is 20.8 Å². The van der Waals surface area contributed by atoms with Crippen LogP contribution in [0.25, 0.3) is 0 Å². The van der Waals surface area contributed by atoms with Gasteiger partial charge in [-0.2, -0.15) is 0 Å². The standard InChI is InChI=1S/C12H19NO6.C3H7NO/c1-6-10(5-17-7(2)15)19-9(4-14)11(13)12(6)18-8(3)16;1-3(5)4-2/h4,6,9-12H,5,13H2,1-3H3;1-2H3,(H,4,5)/t6-,9+,10?,11?,12?;/m1./s1. The lowest BCUT2D eigenvalue weighted by Gasteiger charge is -2.41. The lowest BCUT2D eigenvalue weighted by atomic mass is 9.87. The van der Waals surface area contributed by atoms with Crippen LogP contribution in [0.15, 0.2) is 0 Å². The Morgan fingerprint density at radius 1 is 1.21 bits per heavy atom. The number of carbonyl (C=O) groups excluding carboxylic acids is 4. The summed E-state index contributed by atoms with van der Waals surface area (Å²) in [5.41, 5.74) is 5.85. The Labute approximate surface area is 141 Å². The second-order valence-electron chi connectivity index (χ2n) is 5.39. The van der Waals surface area contributed by atoms with Crippen LogP contribution >= 0.6 is 0 Å². The van der Waals surface area contributed by atoms with Crippen molar-refractivity contribution >= 4 is 24.1 Å². The maximum absolute atomic E-state index is 11.1. The van der Waals surface area contributed by atoms with Crippen molar-refractivity contribution in [3.05, 3.63) is 0 Å². The van der Waals surface area contributed by atoms with Crippen LogP contribution in [-0.4, -0.2) is 62.1 Å². The summed E-state index contributed by atoms with van der Waals surface area (Å²) in [5, 5.41) is 2.39. The van der Waals surface area contributed by atoms with E-state index in [1.54, 1.807) is 14.0 Å². The first-order valence-corrected chi connectivity index (χ1v) is 7.49. The van der Waals surface area contributed by atoms with Crippen molar-refractivity contribution in [3.8, 4) is 0 Å². The number of esters is 2. The molecular formula is C15H26N2O7. The highest BCUT2D eigenvalue weighted by Gasteiger charge is 2.44. The largest absolute Gasteiger partial charge is 0.463 e. The maximum Gasteiger partial charge on any atom is 0.302 e. The van der Waals surface area contributed by atoms with E-state index in [0.29, 0.717) is 6.29 Å². The van der Waals surface area contributed by atoms with E-state index >= 15 is 0 Å². The average molecular weight is 346 g/mol. The van der Waals surface area contributed by atoms with E-state index < -0.39 is 36.3 Å². The molecule has 1 fully saturated rings. The first kappa shape index (κ1) is 22.0.